The quantitative estimate of drug-likeness (QED) is 0.743. The summed E-state index contributed by atoms with van der Waals surface area (Å²) < 4.78 is 1.77. The molecular formula is C13H13N5. The van der Waals surface area contributed by atoms with Crippen LogP contribution in [0.1, 0.15) is 0 Å². The predicted molar refractivity (Wildman–Crippen MR) is 71.3 cm³/mol. The lowest BCUT2D eigenvalue weighted by molar-refractivity contribution is 0.768. The van der Waals surface area contributed by atoms with Gasteiger partial charge in [-0.3, -0.25) is 4.68 Å². The van der Waals surface area contributed by atoms with Gasteiger partial charge >= 0.3 is 0 Å². The molecule has 5 heteroatoms. The molecule has 3 aromatic rings. The first-order valence-corrected chi connectivity index (χ1v) is 5.70. The van der Waals surface area contributed by atoms with Gasteiger partial charge in [0, 0.05) is 43.5 Å². The highest BCUT2D eigenvalue weighted by Crippen LogP contribution is 2.21. The van der Waals surface area contributed by atoms with Crippen LogP contribution in [0.5, 0.6) is 0 Å². The Balaban J connectivity index is 2.14. The third-order valence-electron chi connectivity index (χ3n) is 2.83. The second kappa shape index (κ2) is 4.10. The lowest BCUT2D eigenvalue weighted by Gasteiger charge is -2.03. The van der Waals surface area contributed by atoms with Gasteiger partial charge in [0.25, 0.3) is 0 Å². The van der Waals surface area contributed by atoms with Crippen molar-refractivity contribution in [3.05, 3.63) is 36.8 Å². The fraction of sp³-hybridized carbons (Fsp3) is 0.154. The number of nitrogens with zero attached hydrogens (tertiary/aromatic N) is 4. The highest BCUT2D eigenvalue weighted by molar-refractivity contribution is 5.82. The number of fused-ring (bicyclic) bond motifs is 1. The Morgan fingerprint density at radius 3 is 2.83 bits per heavy atom. The number of rotatable bonds is 2. The molecule has 0 radical (unpaired) electrons. The Hall–Kier alpha value is -2.43. The molecule has 0 aliphatic carbocycles. The summed E-state index contributed by atoms with van der Waals surface area (Å²) in [5.74, 6) is 0.818. The Morgan fingerprint density at radius 2 is 2.11 bits per heavy atom. The Labute approximate surface area is 104 Å². The van der Waals surface area contributed by atoms with Crippen LogP contribution in [0.3, 0.4) is 0 Å². The van der Waals surface area contributed by atoms with Crippen LogP contribution in [0.15, 0.2) is 36.8 Å². The van der Waals surface area contributed by atoms with E-state index < -0.39 is 0 Å². The van der Waals surface area contributed by atoms with Gasteiger partial charge in [-0.15, -0.1) is 0 Å². The van der Waals surface area contributed by atoms with Gasteiger partial charge in [-0.1, -0.05) is 0 Å². The van der Waals surface area contributed by atoms with E-state index >= 15 is 0 Å². The zero-order valence-corrected chi connectivity index (χ0v) is 10.3. The molecule has 0 amide bonds. The molecule has 0 aliphatic heterocycles. The van der Waals surface area contributed by atoms with Crippen molar-refractivity contribution in [1.82, 2.24) is 19.7 Å². The average molecular weight is 239 g/mol. The van der Waals surface area contributed by atoms with Gasteiger partial charge in [0.15, 0.2) is 0 Å². The summed E-state index contributed by atoms with van der Waals surface area (Å²) in [7, 11) is 3.74. The fourth-order valence-corrected chi connectivity index (χ4v) is 1.87. The Morgan fingerprint density at radius 1 is 1.22 bits per heavy atom. The Kier molecular flexibility index (Phi) is 2.44. The van der Waals surface area contributed by atoms with E-state index in [1.807, 2.05) is 50.9 Å². The number of pyridine rings is 2. The first-order chi connectivity index (χ1) is 8.76. The van der Waals surface area contributed by atoms with Crippen molar-refractivity contribution >= 4 is 16.7 Å². The summed E-state index contributed by atoms with van der Waals surface area (Å²) in [4.78, 5) is 8.90. The van der Waals surface area contributed by atoms with Gasteiger partial charge in [-0.05, 0) is 12.1 Å². The van der Waals surface area contributed by atoms with Crippen LogP contribution in [-0.4, -0.2) is 26.8 Å². The maximum Gasteiger partial charge on any atom is 0.127 e. The summed E-state index contributed by atoms with van der Waals surface area (Å²) in [6.07, 6.45) is 5.59. The average Bonchev–Trinajstić information content (AvgIpc) is 2.84. The smallest absolute Gasteiger partial charge is 0.127 e. The molecule has 0 aromatic carbocycles. The summed E-state index contributed by atoms with van der Waals surface area (Å²) in [5, 5.41) is 8.20. The van der Waals surface area contributed by atoms with Crippen molar-refractivity contribution in [1.29, 1.82) is 0 Å². The van der Waals surface area contributed by atoms with Crippen molar-refractivity contribution in [2.45, 2.75) is 0 Å². The molecule has 0 saturated heterocycles. The normalized spacial score (nSPS) is 10.8. The van der Waals surface area contributed by atoms with Crippen molar-refractivity contribution in [2.75, 3.05) is 12.4 Å². The van der Waals surface area contributed by atoms with Crippen LogP contribution >= 0.6 is 0 Å². The molecule has 0 unspecified atom stereocenters. The van der Waals surface area contributed by atoms with Crippen molar-refractivity contribution in [3.8, 4) is 11.3 Å². The minimum atomic E-state index is 0.818. The topological polar surface area (TPSA) is 55.6 Å². The van der Waals surface area contributed by atoms with Gasteiger partial charge in [0.1, 0.15) is 5.82 Å². The molecule has 3 rings (SSSR count). The van der Waals surface area contributed by atoms with E-state index in [1.165, 1.54) is 0 Å². The third-order valence-corrected chi connectivity index (χ3v) is 2.83. The van der Waals surface area contributed by atoms with E-state index in [4.69, 9.17) is 0 Å². The molecule has 0 aliphatic rings. The van der Waals surface area contributed by atoms with Gasteiger partial charge in [-0.25, -0.2) is 9.97 Å². The zero-order valence-electron chi connectivity index (χ0n) is 10.3. The van der Waals surface area contributed by atoms with E-state index in [9.17, 15) is 0 Å². The van der Waals surface area contributed by atoms with Gasteiger partial charge in [0.2, 0.25) is 0 Å². The third kappa shape index (κ3) is 1.79. The summed E-state index contributed by atoms with van der Waals surface area (Å²) in [6, 6.07) is 5.95. The molecule has 0 spiro atoms. The van der Waals surface area contributed by atoms with Gasteiger partial charge in [0.05, 0.1) is 17.4 Å². The van der Waals surface area contributed by atoms with E-state index in [0.29, 0.717) is 0 Å². The molecule has 1 N–H and O–H groups in total. The van der Waals surface area contributed by atoms with Crippen LogP contribution in [0, 0.1) is 0 Å². The van der Waals surface area contributed by atoms with E-state index in [1.54, 1.807) is 4.68 Å². The number of hydrogen-bond donors (Lipinski definition) is 1. The molecule has 0 bridgehead atoms. The largest absolute Gasteiger partial charge is 0.373 e. The van der Waals surface area contributed by atoms with Gasteiger partial charge < -0.3 is 5.32 Å². The molecule has 3 heterocycles. The molecule has 5 nitrogen and oxygen atoms in total. The number of aromatic nitrogens is 4. The molecule has 0 atom stereocenters. The maximum absolute atomic E-state index is 4.63. The van der Waals surface area contributed by atoms with Gasteiger partial charge in [-0.2, -0.15) is 5.10 Å². The summed E-state index contributed by atoms with van der Waals surface area (Å²) in [5.41, 5.74) is 2.86. The standard InChI is InChI=1S/C13H13N5/c1-14-13-5-12-9(6-15-13)3-4-11(17-12)10-7-16-18(2)8-10/h3-8H,1-2H3,(H,14,15). The van der Waals surface area contributed by atoms with Crippen molar-refractivity contribution in [3.63, 3.8) is 0 Å². The Bertz CT molecular complexity index is 701. The lowest BCUT2D eigenvalue weighted by atomic mass is 10.2. The van der Waals surface area contributed by atoms with Crippen LogP contribution < -0.4 is 5.32 Å². The minimum absolute atomic E-state index is 0.818. The minimum Gasteiger partial charge on any atom is -0.373 e. The molecule has 0 saturated carbocycles. The molecular weight excluding hydrogens is 226 g/mol. The van der Waals surface area contributed by atoms with E-state index in [-0.39, 0.29) is 0 Å². The molecule has 3 aromatic heterocycles. The van der Waals surface area contributed by atoms with E-state index in [0.717, 1.165) is 28.0 Å². The molecule has 18 heavy (non-hydrogen) atoms. The fourth-order valence-electron chi connectivity index (χ4n) is 1.87. The van der Waals surface area contributed by atoms with Crippen LogP contribution in [0.4, 0.5) is 5.82 Å². The summed E-state index contributed by atoms with van der Waals surface area (Å²) >= 11 is 0. The summed E-state index contributed by atoms with van der Waals surface area (Å²) in [6.45, 7) is 0. The van der Waals surface area contributed by atoms with Crippen LogP contribution in [0.25, 0.3) is 22.2 Å². The second-order valence-corrected chi connectivity index (χ2v) is 4.11. The first-order valence-electron chi connectivity index (χ1n) is 5.70. The predicted octanol–water partition coefficient (Wildman–Crippen LogP) is 2.07. The molecule has 0 fully saturated rings. The van der Waals surface area contributed by atoms with E-state index in [2.05, 4.69) is 20.4 Å². The van der Waals surface area contributed by atoms with Crippen LogP contribution in [-0.2, 0) is 7.05 Å². The first kappa shape index (κ1) is 10.7. The molecule has 90 valence electrons. The van der Waals surface area contributed by atoms with Crippen molar-refractivity contribution in [2.24, 2.45) is 7.05 Å². The van der Waals surface area contributed by atoms with Crippen LogP contribution in [0.2, 0.25) is 0 Å². The highest BCUT2D eigenvalue weighted by atomic mass is 15.2. The number of aryl methyl sites for hydroxylation is 1. The second-order valence-electron chi connectivity index (χ2n) is 4.11. The highest BCUT2D eigenvalue weighted by Gasteiger charge is 2.04. The number of anilines is 1. The number of nitrogens with one attached hydrogen (secondary N) is 1. The van der Waals surface area contributed by atoms with Crippen molar-refractivity contribution < 1.29 is 0 Å². The monoisotopic (exact) mass is 239 g/mol. The SMILES string of the molecule is CNc1cc2nc(-c3cnn(C)c3)ccc2cn1. The lowest BCUT2D eigenvalue weighted by Crippen LogP contribution is -1.92. The maximum atomic E-state index is 4.63. The zero-order chi connectivity index (χ0) is 12.5. The number of hydrogen-bond acceptors (Lipinski definition) is 4.